The number of benzene rings is 4. The summed E-state index contributed by atoms with van der Waals surface area (Å²) in [5.74, 6) is 5.55. The lowest BCUT2D eigenvalue weighted by Crippen LogP contribution is -2.06. The highest BCUT2D eigenvalue weighted by molar-refractivity contribution is 5.80. The molecule has 0 aliphatic rings. The molecule has 0 aliphatic heterocycles. The minimum Gasteiger partial charge on any atom is -0.489 e. The first-order valence-corrected chi connectivity index (χ1v) is 21.6. The van der Waals surface area contributed by atoms with Gasteiger partial charge in [-0.15, -0.1) is 0 Å². The molecular weight excluding hydrogens is 733 g/mol. The van der Waals surface area contributed by atoms with E-state index in [1.807, 2.05) is 48.5 Å². The second kappa shape index (κ2) is 25.3. The molecule has 10 nitrogen and oxygen atoms in total. The molecule has 0 spiro atoms. The molecule has 0 saturated heterocycles. The number of hydrogen-bond acceptors (Lipinski definition) is 10. The Morgan fingerprint density at radius 3 is 0.897 bits per heavy atom. The Labute approximate surface area is 347 Å². The van der Waals surface area contributed by atoms with Crippen LogP contribution in [0.3, 0.4) is 0 Å². The Kier molecular flexibility index (Phi) is 19.9. The van der Waals surface area contributed by atoms with Crippen LogP contribution in [0.25, 0.3) is 11.1 Å². The maximum Gasteiger partial charge on any atom is 0.203 e. The summed E-state index contributed by atoms with van der Waals surface area (Å²) in [5, 5.41) is 0. The zero-order chi connectivity index (χ0) is 41.5. The molecular formula is C48H68N2O8. The Bertz CT molecular complexity index is 1620. The molecule has 0 bridgehead atoms. The molecule has 58 heavy (non-hydrogen) atoms. The molecule has 0 heterocycles. The minimum atomic E-state index is 0.514. The van der Waals surface area contributed by atoms with Crippen LogP contribution in [0.15, 0.2) is 60.7 Å². The third-order valence-corrected chi connectivity index (χ3v) is 9.26. The summed E-state index contributed by atoms with van der Waals surface area (Å²) in [6, 6.07) is 18.6. The quantitative estimate of drug-likeness (QED) is 0.0405. The van der Waals surface area contributed by atoms with Gasteiger partial charge in [0.1, 0.15) is 23.0 Å². The van der Waals surface area contributed by atoms with Crippen molar-refractivity contribution >= 4 is 11.4 Å². The predicted molar refractivity (Wildman–Crippen MR) is 236 cm³/mol. The van der Waals surface area contributed by atoms with Crippen LogP contribution in [-0.4, -0.2) is 39.6 Å². The van der Waals surface area contributed by atoms with Crippen molar-refractivity contribution in [2.24, 2.45) is 0 Å². The lowest BCUT2D eigenvalue weighted by molar-refractivity contribution is 0.235. The van der Waals surface area contributed by atoms with E-state index in [0.29, 0.717) is 109 Å². The van der Waals surface area contributed by atoms with Gasteiger partial charge < -0.3 is 49.4 Å². The minimum absolute atomic E-state index is 0.514. The van der Waals surface area contributed by atoms with E-state index >= 15 is 0 Å². The van der Waals surface area contributed by atoms with Crippen molar-refractivity contribution in [1.82, 2.24) is 0 Å². The molecule has 0 unspecified atom stereocenters. The summed E-state index contributed by atoms with van der Waals surface area (Å²) < 4.78 is 51.3. The number of nitrogens with two attached hydrogens (primary N) is 2. The van der Waals surface area contributed by atoms with E-state index < -0.39 is 0 Å². The van der Waals surface area contributed by atoms with Crippen molar-refractivity contribution in [3.05, 3.63) is 60.7 Å². The molecule has 4 aromatic carbocycles. The Morgan fingerprint density at radius 1 is 0.345 bits per heavy atom. The summed E-state index contributed by atoms with van der Waals surface area (Å²) in [6.07, 6.45) is 11.4. The lowest BCUT2D eigenvalue weighted by Gasteiger charge is -2.21. The van der Waals surface area contributed by atoms with Gasteiger partial charge in [-0.3, -0.25) is 0 Å². The largest absolute Gasteiger partial charge is 0.489 e. The summed E-state index contributed by atoms with van der Waals surface area (Å²) in [7, 11) is 0. The van der Waals surface area contributed by atoms with Crippen molar-refractivity contribution < 1.29 is 37.9 Å². The third-order valence-electron chi connectivity index (χ3n) is 9.26. The van der Waals surface area contributed by atoms with Crippen LogP contribution in [-0.2, 0) is 0 Å². The van der Waals surface area contributed by atoms with Crippen LogP contribution in [0, 0.1) is 0 Å². The van der Waals surface area contributed by atoms with Gasteiger partial charge in [0.25, 0.3) is 0 Å². The van der Waals surface area contributed by atoms with Gasteiger partial charge in [-0.1, -0.05) is 80.1 Å². The monoisotopic (exact) mass is 800 g/mol. The molecule has 0 radical (unpaired) electrons. The normalized spacial score (nSPS) is 10.9. The van der Waals surface area contributed by atoms with Crippen LogP contribution in [0.2, 0.25) is 0 Å². The predicted octanol–water partition coefficient (Wildman–Crippen LogP) is 13.2. The molecule has 4 N–H and O–H groups in total. The molecule has 10 heteroatoms. The second-order valence-corrected chi connectivity index (χ2v) is 14.4. The number of ether oxygens (including phenoxy) is 8. The smallest absolute Gasteiger partial charge is 0.203 e. The first-order chi connectivity index (χ1) is 28.3. The summed E-state index contributed by atoms with van der Waals surface area (Å²) in [6.45, 7) is 16.1. The van der Waals surface area contributed by atoms with E-state index in [4.69, 9.17) is 49.4 Å². The fraction of sp³-hybridized carbons (Fsp3) is 0.500. The van der Waals surface area contributed by atoms with Crippen LogP contribution in [0.4, 0.5) is 11.4 Å². The number of nitrogen functional groups attached to an aromatic ring is 2. The lowest BCUT2D eigenvalue weighted by atomic mass is 10.0. The van der Waals surface area contributed by atoms with Crippen LogP contribution < -0.4 is 49.4 Å². The molecule has 0 fully saturated rings. The molecule has 4 aromatic rings. The van der Waals surface area contributed by atoms with Crippen LogP contribution >= 0.6 is 0 Å². The highest BCUT2D eigenvalue weighted by Gasteiger charge is 2.22. The number of anilines is 2. The molecule has 0 atom stereocenters. The average Bonchev–Trinajstić information content (AvgIpc) is 3.20. The summed E-state index contributed by atoms with van der Waals surface area (Å²) >= 11 is 0. The van der Waals surface area contributed by atoms with Crippen molar-refractivity contribution in [1.29, 1.82) is 0 Å². The zero-order valence-corrected chi connectivity index (χ0v) is 35.9. The van der Waals surface area contributed by atoms with Gasteiger partial charge in [-0.05, 0) is 62.8 Å². The Morgan fingerprint density at radius 2 is 0.621 bits per heavy atom. The van der Waals surface area contributed by atoms with Gasteiger partial charge in [0.2, 0.25) is 11.5 Å². The number of unbranched alkanes of at least 4 members (excludes halogenated alkanes) is 6. The Hall–Kier alpha value is -5.12. The fourth-order valence-corrected chi connectivity index (χ4v) is 5.83. The third kappa shape index (κ3) is 14.1. The molecule has 0 aromatic heterocycles. The van der Waals surface area contributed by atoms with E-state index in [-0.39, 0.29) is 0 Å². The molecule has 318 valence electrons. The fourth-order valence-electron chi connectivity index (χ4n) is 5.83. The zero-order valence-electron chi connectivity index (χ0n) is 35.9. The van der Waals surface area contributed by atoms with Gasteiger partial charge in [0, 0.05) is 58.9 Å². The van der Waals surface area contributed by atoms with E-state index in [9.17, 15) is 0 Å². The number of hydrogen-bond donors (Lipinski definition) is 2. The van der Waals surface area contributed by atoms with Gasteiger partial charge in [0.15, 0.2) is 23.0 Å². The topological polar surface area (TPSA) is 126 Å². The molecule has 0 amide bonds. The van der Waals surface area contributed by atoms with Crippen molar-refractivity contribution in [3.8, 4) is 68.6 Å². The molecule has 4 rings (SSSR count). The highest BCUT2D eigenvalue weighted by atomic mass is 16.6. The standard InChI is InChI=1S/C48H68N2O8/c1-7-13-23-51-43-31-37(32-44(52-24-14-8-2)47(43)55-27-17-11-5)57-41-29-35(49)19-21-39(41)40-22-20-36(50)30-42(40)58-38-33-45(53-25-15-9-3)48(56-28-18-12-6)46(34-38)54-26-16-10-4/h19-22,29-34H,7-18,23-28,49-50H2,1-6H3. The summed E-state index contributed by atoms with van der Waals surface area (Å²) in [4.78, 5) is 0. The van der Waals surface area contributed by atoms with Crippen molar-refractivity contribution in [3.63, 3.8) is 0 Å². The van der Waals surface area contributed by atoms with E-state index in [1.165, 1.54) is 0 Å². The van der Waals surface area contributed by atoms with Crippen molar-refractivity contribution in [2.75, 3.05) is 51.1 Å². The maximum absolute atomic E-state index is 6.73. The number of rotatable bonds is 29. The SMILES string of the molecule is CCCCOc1cc(Oc2cc(N)ccc2-c2ccc(N)cc2Oc2cc(OCCCC)c(OCCCC)c(OCCCC)c2)cc(OCCCC)c1OCCCC. The van der Waals surface area contributed by atoms with Crippen LogP contribution in [0.1, 0.15) is 119 Å². The second-order valence-electron chi connectivity index (χ2n) is 14.4. The molecule has 0 saturated carbocycles. The van der Waals surface area contributed by atoms with E-state index in [1.54, 1.807) is 12.1 Å². The van der Waals surface area contributed by atoms with Crippen LogP contribution in [0.5, 0.6) is 57.5 Å². The van der Waals surface area contributed by atoms with Gasteiger partial charge in [-0.25, -0.2) is 0 Å². The van der Waals surface area contributed by atoms with E-state index in [0.717, 1.165) is 88.2 Å². The van der Waals surface area contributed by atoms with Gasteiger partial charge in [0.05, 0.1) is 39.6 Å². The van der Waals surface area contributed by atoms with Gasteiger partial charge >= 0.3 is 0 Å². The first kappa shape index (κ1) is 45.6. The first-order valence-electron chi connectivity index (χ1n) is 21.6. The van der Waals surface area contributed by atoms with Crippen molar-refractivity contribution in [2.45, 2.75) is 119 Å². The Balaban J connectivity index is 1.79. The maximum atomic E-state index is 6.73. The average molecular weight is 801 g/mol. The van der Waals surface area contributed by atoms with E-state index in [2.05, 4.69) is 41.5 Å². The molecule has 0 aliphatic carbocycles. The summed E-state index contributed by atoms with van der Waals surface area (Å²) in [5.41, 5.74) is 15.4. The highest BCUT2D eigenvalue weighted by Crippen LogP contribution is 2.48. The van der Waals surface area contributed by atoms with Gasteiger partial charge in [-0.2, -0.15) is 0 Å².